The maximum Gasteiger partial charge on any atom is 0.185 e. The van der Waals surface area contributed by atoms with Crippen LogP contribution in [-0.4, -0.2) is 29.9 Å². The molecule has 3 heterocycles. The van der Waals surface area contributed by atoms with Gasteiger partial charge in [0.05, 0.1) is 23.3 Å². The third kappa shape index (κ3) is 7.89. The quantitative estimate of drug-likeness (QED) is 0.139. The predicted molar refractivity (Wildman–Crippen MR) is 280 cm³/mol. The Bertz CT molecular complexity index is 3850. The molecule has 0 amide bonds. The molecule has 0 saturated carbocycles. The number of nitrogens with zero attached hydrogens (tertiary/aromatic N) is 8. The Balaban J connectivity index is 1.09. The molecule has 0 unspecified atom stereocenters. The van der Waals surface area contributed by atoms with Gasteiger partial charge in [-0.2, -0.15) is 10.5 Å². The zero-order chi connectivity index (χ0) is 48.4. The fourth-order valence-corrected chi connectivity index (χ4v) is 9.38. The van der Waals surface area contributed by atoms with Crippen LogP contribution in [0.25, 0.3) is 90.6 Å². The minimum absolute atomic E-state index is 0.414. The highest BCUT2D eigenvalue weighted by Crippen LogP contribution is 2.52. The van der Waals surface area contributed by atoms with Gasteiger partial charge in [-0.25, -0.2) is 29.9 Å². The summed E-state index contributed by atoms with van der Waals surface area (Å²) in [6.45, 7) is 0. The van der Waals surface area contributed by atoms with Crippen molar-refractivity contribution in [1.29, 1.82) is 10.5 Å². The Morgan fingerprint density at radius 1 is 0.306 bits per heavy atom. The normalized spacial score (nSPS) is 12.1. The third-order valence-electron chi connectivity index (χ3n) is 12.9. The maximum atomic E-state index is 9.67. The van der Waals surface area contributed by atoms with E-state index in [2.05, 4.69) is 109 Å². The van der Waals surface area contributed by atoms with Gasteiger partial charge in [0.1, 0.15) is 5.75 Å². The van der Waals surface area contributed by atoms with Gasteiger partial charge in [0, 0.05) is 55.6 Å². The number of benzene rings is 9. The first-order chi connectivity index (χ1) is 35.5. The van der Waals surface area contributed by atoms with Crippen LogP contribution in [0.4, 0.5) is 0 Å². The monoisotopic (exact) mass is 922 g/mol. The van der Waals surface area contributed by atoms with Gasteiger partial charge in [0.2, 0.25) is 0 Å². The highest BCUT2D eigenvalue weighted by Gasteiger charge is 2.44. The lowest BCUT2D eigenvalue weighted by Crippen LogP contribution is -2.38. The topological polar surface area (TPSA) is 134 Å². The molecule has 0 bridgehead atoms. The van der Waals surface area contributed by atoms with Crippen molar-refractivity contribution >= 4 is 0 Å². The molecule has 9 heteroatoms. The average Bonchev–Trinajstić information content (AvgIpc) is 3.47. The number of rotatable bonds is 9. The Kier molecular flexibility index (Phi) is 11.0. The first-order valence-corrected chi connectivity index (χ1v) is 23.4. The summed E-state index contributed by atoms with van der Waals surface area (Å²) in [6, 6.07) is 80.2. The Hall–Kier alpha value is -10.2. The van der Waals surface area contributed by atoms with Crippen molar-refractivity contribution in [3.05, 3.63) is 258 Å². The molecule has 2 aromatic heterocycles. The second-order valence-electron chi connectivity index (χ2n) is 17.3. The van der Waals surface area contributed by atoms with E-state index in [1.165, 1.54) is 0 Å². The average molecular weight is 923 g/mol. The van der Waals surface area contributed by atoms with Crippen molar-refractivity contribution in [3.8, 4) is 108 Å². The first kappa shape index (κ1) is 43.1. The van der Waals surface area contributed by atoms with Crippen LogP contribution in [0.15, 0.2) is 231 Å². The van der Waals surface area contributed by atoms with E-state index in [1.54, 1.807) is 24.3 Å². The molecule has 0 aliphatic carbocycles. The molecule has 0 radical (unpaired) electrons. The van der Waals surface area contributed by atoms with Crippen LogP contribution in [0.1, 0.15) is 27.8 Å². The number of nitriles is 2. The molecule has 12 rings (SSSR count). The first-order valence-electron chi connectivity index (χ1n) is 23.4. The van der Waals surface area contributed by atoms with E-state index in [0.29, 0.717) is 62.9 Å². The van der Waals surface area contributed by atoms with E-state index in [1.807, 2.05) is 109 Å². The molecule has 0 N–H and O–H groups in total. The fraction of sp³-hybridized carbons (Fsp3) is 0.0159. The second-order valence-corrected chi connectivity index (χ2v) is 17.3. The summed E-state index contributed by atoms with van der Waals surface area (Å²) in [7, 11) is 0. The molecule has 9 nitrogen and oxygen atoms in total. The second kappa shape index (κ2) is 18.4. The smallest absolute Gasteiger partial charge is 0.185 e. The van der Waals surface area contributed by atoms with Crippen LogP contribution in [0.3, 0.4) is 0 Å². The molecule has 1 aliphatic heterocycles. The number of fused-ring (bicyclic) bond motifs is 3. The van der Waals surface area contributed by atoms with E-state index in [9.17, 15) is 10.5 Å². The molecular formula is C63H38N8O. The van der Waals surface area contributed by atoms with Crippen molar-refractivity contribution in [2.45, 2.75) is 5.60 Å². The van der Waals surface area contributed by atoms with E-state index in [-0.39, 0.29) is 0 Å². The van der Waals surface area contributed by atoms with Crippen LogP contribution >= 0.6 is 0 Å². The van der Waals surface area contributed by atoms with E-state index >= 15 is 0 Å². The van der Waals surface area contributed by atoms with Gasteiger partial charge in [0.15, 0.2) is 40.5 Å². The minimum Gasteiger partial charge on any atom is -0.472 e. The molecule has 72 heavy (non-hydrogen) atoms. The predicted octanol–water partition coefficient (Wildman–Crippen LogP) is 13.8. The SMILES string of the molecule is N#Cc1ccc(-c2nc(-c3ccccc3)nc(-c3ccc(-c4ccc5c(c4)OC(c4ccccc4)(c4ccccc4)c4ccccc4-5)c(-c4nc(-c5ccccc5)nc(-c5ccc(C#N)cc5)n4)c3)n2)cc1. The van der Waals surface area contributed by atoms with Crippen LogP contribution in [0, 0.1) is 22.7 Å². The molecule has 1 aliphatic rings. The standard InChI is InChI=1S/C63H38N8O/c64-39-41-25-29-45(30-26-41)59-66-57(43-15-5-1-6-16-43)68-61(69-59)48-34-35-51(54(37-48)62-70-58(44-17-7-2-8-18-44)67-60(71-62)46-31-27-42(40-65)28-32-46)47-33-36-53-52-23-13-14-24-55(52)63(72-56(53)38-47,49-19-9-3-10-20-49)50-21-11-4-12-22-50/h1-38H. The zero-order valence-electron chi connectivity index (χ0n) is 38.4. The van der Waals surface area contributed by atoms with Gasteiger partial charge in [-0.05, 0) is 77.4 Å². The largest absolute Gasteiger partial charge is 0.472 e. The van der Waals surface area contributed by atoms with E-state index in [4.69, 9.17) is 34.6 Å². The van der Waals surface area contributed by atoms with Gasteiger partial charge in [-0.1, -0.05) is 170 Å². The highest BCUT2D eigenvalue weighted by atomic mass is 16.5. The van der Waals surface area contributed by atoms with Crippen LogP contribution in [-0.2, 0) is 5.60 Å². The van der Waals surface area contributed by atoms with Crippen LogP contribution < -0.4 is 4.74 Å². The third-order valence-corrected chi connectivity index (χ3v) is 12.9. The molecule has 0 atom stereocenters. The minimum atomic E-state index is -0.964. The lowest BCUT2D eigenvalue weighted by atomic mass is 9.75. The van der Waals surface area contributed by atoms with Gasteiger partial charge in [0.25, 0.3) is 0 Å². The molecule has 0 fully saturated rings. The Labute approximate surface area is 415 Å². The highest BCUT2D eigenvalue weighted by molar-refractivity contribution is 5.89. The van der Waals surface area contributed by atoms with Gasteiger partial charge in [-0.15, -0.1) is 0 Å². The lowest BCUT2D eigenvalue weighted by Gasteiger charge is -2.41. The molecular weight excluding hydrogens is 885 g/mol. The fourth-order valence-electron chi connectivity index (χ4n) is 9.38. The number of ether oxygens (including phenoxy) is 1. The van der Waals surface area contributed by atoms with Crippen LogP contribution in [0.2, 0.25) is 0 Å². The summed E-state index contributed by atoms with van der Waals surface area (Å²) in [5.41, 5.74) is 11.4. The van der Waals surface area contributed by atoms with E-state index in [0.717, 1.165) is 61.2 Å². The van der Waals surface area contributed by atoms with Crippen molar-refractivity contribution in [2.75, 3.05) is 0 Å². The zero-order valence-corrected chi connectivity index (χ0v) is 38.4. The summed E-state index contributed by atoms with van der Waals surface area (Å²) < 4.78 is 7.51. The van der Waals surface area contributed by atoms with Gasteiger partial charge in [-0.3, -0.25) is 0 Å². The van der Waals surface area contributed by atoms with Crippen molar-refractivity contribution in [1.82, 2.24) is 29.9 Å². The molecule has 0 saturated heterocycles. The van der Waals surface area contributed by atoms with Gasteiger partial charge >= 0.3 is 0 Å². The van der Waals surface area contributed by atoms with Crippen molar-refractivity contribution in [2.24, 2.45) is 0 Å². The van der Waals surface area contributed by atoms with E-state index < -0.39 is 5.60 Å². The maximum absolute atomic E-state index is 9.67. The lowest BCUT2D eigenvalue weighted by molar-refractivity contribution is 0.152. The van der Waals surface area contributed by atoms with Crippen LogP contribution in [0.5, 0.6) is 5.75 Å². The van der Waals surface area contributed by atoms with Crippen molar-refractivity contribution in [3.63, 3.8) is 0 Å². The summed E-state index contributed by atoms with van der Waals surface area (Å²) in [4.78, 5) is 30.6. The Morgan fingerprint density at radius 3 is 1.19 bits per heavy atom. The molecule has 336 valence electrons. The summed E-state index contributed by atoms with van der Waals surface area (Å²) >= 11 is 0. The Morgan fingerprint density at radius 2 is 0.694 bits per heavy atom. The number of hydrogen-bond acceptors (Lipinski definition) is 9. The number of aromatic nitrogens is 6. The summed E-state index contributed by atoms with van der Waals surface area (Å²) in [6.07, 6.45) is 0. The number of hydrogen-bond donors (Lipinski definition) is 0. The summed E-state index contributed by atoms with van der Waals surface area (Å²) in [5, 5.41) is 19.3. The summed E-state index contributed by atoms with van der Waals surface area (Å²) in [5.74, 6) is 3.42. The van der Waals surface area contributed by atoms with Gasteiger partial charge < -0.3 is 4.74 Å². The molecule has 9 aromatic carbocycles. The molecule has 0 spiro atoms. The van der Waals surface area contributed by atoms with Crippen molar-refractivity contribution < 1.29 is 4.74 Å². The molecule has 11 aromatic rings.